The van der Waals surface area contributed by atoms with Crippen molar-refractivity contribution in [3.05, 3.63) is 29.8 Å². The molecule has 0 amide bonds. The van der Waals surface area contributed by atoms with Crippen LogP contribution in [0, 0.1) is 5.92 Å². The Morgan fingerprint density at radius 2 is 1.87 bits per heavy atom. The second-order valence-electron chi connectivity index (χ2n) is 3.95. The molecule has 3 nitrogen and oxygen atoms in total. The first-order valence-electron chi connectivity index (χ1n) is 5.20. The Balaban J connectivity index is 2.57. The topological polar surface area (TPSA) is 41.5 Å². The lowest BCUT2D eigenvalue weighted by Crippen LogP contribution is -2.30. The maximum absolute atomic E-state index is 8.80. The fourth-order valence-corrected chi connectivity index (χ4v) is 1.44. The van der Waals surface area contributed by atoms with Gasteiger partial charge in [-0.1, -0.05) is 19.1 Å². The largest absolute Gasteiger partial charge is 0.497 e. The zero-order chi connectivity index (χ0) is 11.3. The van der Waals surface area contributed by atoms with E-state index in [9.17, 15) is 0 Å². The number of hydrogen-bond acceptors (Lipinski definition) is 3. The summed E-state index contributed by atoms with van der Waals surface area (Å²) in [5.41, 5.74) is 3.54. The van der Waals surface area contributed by atoms with Gasteiger partial charge in [0.15, 0.2) is 0 Å². The van der Waals surface area contributed by atoms with Crippen molar-refractivity contribution in [2.45, 2.75) is 26.3 Å². The van der Waals surface area contributed by atoms with Crippen molar-refractivity contribution in [1.82, 2.24) is 5.48 Å². The fraction of sp³-hybridized carbons (Fsp3) is 0.500. The second kappa shape index (κ2) is 5.73. The maximum atomic E-state index is 8.80. The van der Waals surface area contributed by atoms with Gasteiger partial charge < -0.3 is 9.94 Å². The van der Waals surface area contributed by atoms with Gasteiger partial charge in [0.2, 0.25) is 0 Å². The third kappa shape index (κ3) is 3.53. The molecule has 3 heteroatoms. The van der Waals surface area contributed by atoms with E-state index >= 15 is 0 Å². The Morgan fingerprint density at radius 1 is 1.27 bits per heavy atom. The van der Waals surface area contributed by atoms with E-state index in [4.69, 9.17) is 9.94 Å². The number of hydrogen-bond donors (Lipinski definition) is 2. The highest BCUT2D eigenvalue weighted by molar-refractivity contribution is 5.27. The summed E-state index contributed by atoms with van der Waals surface area (Å²) in [4.78, 5) is 0. The van der Waals surface area contributed by atoms with Crippen LogP contribution in [0.5, 0.6) is 5.75 Å². The van der Waals surface area contributed by atoms with Crippen molar-refractivity contribution in [2.24, 2.45) is 5.92 Å². The number of hydroxylamine groups is 1. The van der Waals surface area contributed by atoms with E-state index in [0.29, 0.717) is 5.92 Å². The van der Waals surface area contributed by atoms with E-state index in [2.05, 4.69) is 24.5 Å². The van der Waals surface area contributed by atoms with Gasteiger partial charge in [-0.25, -0.2) is 5.48 Å². The molecule has 0 fully saturated rings. The first-order chi connectivity index (χ1) is 7.17. The molecule has 0 aliphatic carbocycles. The average Bonchev–Trinajstić information content (AvgIpc) is 2.29. The van der Waals surface area contributed by atoms with Crippen LogP contribution in [0.25, 0.3) is 0 Å². The lowest BCUT2D eigenvalue weighted by molar-refractivity contribution is 0.109. The van der Waals surface area contributed by atoms with Crippen LogP contribution in [-0.4, -0.2) is 18.4 Å². The van der Waals surface area contributed by atoms with Crippen LogP contribution in [0.3, 0.4) is 0 Å². The number of rotatable bonds is 5. The fourth-order valence-electron chi connectivity index (χ4n) is 1.44. The van der Waals surface area contributed by atoms with Gasteiger partial charge >= 0.3 is 0 Å². The molecule has 2 N–H and O–H groups in total. The molecule has 0 bridgehead atoms. The summed E-state index contributed by atoms with van der Waals surface area (Å²) < 4.78 is 5.09. The van der Waals surface area contributed by atoms with Crippen molar-refractivity contribution in [2.75, 3.05) is 7.11 Å². The molecule has 0 saturated heterocycles. The Labute approximate surface area is 91.0 Å². The lowest BCUT2D eigenvalue weighted by atomic mass is 9.95. The third-order valence-corrected chi connectivity index (χ3v) is 2.77. The number of methoxy groups -OCH3 is 1. The highest BCUT2D eigenvalue weighted by Gasteiger charge is 2.11. The Hall–Kier alpha value is -1.06. The van der Waals surface area contributed by atoms with Crippen molar-refractivity contribution < 1.29 is 9.94 Å². The quantitative estimate of drug-likeness (QED) is 0.731. The molecular weight excluding hydrogens is 190 g/mol. The van der Waals surface area contributed by atoms with E-state index in [1.807, 2.05) is 19.1 Å². The van der Waals surface area contributed by atoms with Gasteiger partial charge in [-0.2, -0.15) is 0 Å². The Morgan fingerprint density at radius 3 is 2.33 bits per heavy atom. The summed E-state index contributed by atoms with van der Waals surface area (Å²) in [6.07, 6.45) is 0.943. The highest BCUT2D eigenvalue weighted by Crippen LogP contribution is 2.16. The summed E-state index contributed by atoms with van der Waals surface area (Å²) >= 11 is 0. The van der Waals surface area contributed by atoms with Crippen molar-refractivity contribution in [1.29, 1.82) is 0 Å². The van der Waals surface area contributed by atoms with Gasteiger partial charge in [0.25, 0.3) is 0 Å². The first-order valence-corrected chi connectivity index (χ1v) is 5.20. The smallest absolute Gasteiger partial charge is 0.118 e. The number of benzene rings is 1. The third-order valence-electron chi connectivity index (χ3n) is 2.77. The molecule has 1 unspecified atom stereocenters. The van der Waals surface area contributed by atoms with E-state index < -0.39 is 0 Å². The van der Waals surface area contributed by atoms with Crippen LogP contribution in [0.4, 0.5) is 0 Å². The van der Waals surface area contributed by atoms with Gasteiger partial charge in [0.1, 0.15) is 5.75 Å². The molecule has 0 aliphatic heterocycles. The molecule has 1 rings (SSSR count). The number of ether oxygens (including phenoxy) is 1. The minimum atomic E-state index is 0.104. The molecule has 0 radical (unpaired) electrons. The summed E-state index contributed by atoms with van der Waals surface area (Å²) in [6.45, 7) is 4.08. The normalized spacial score (nSPS) is 14.7. The minimum absolute atomic E-state index is 0.104. The van der Waals surface area contributed by atoms with Crippen LogP contribution in [0.1, 0.15) is 19.4 Å². The van der Waals surface area contributed by atoms with Crippen molar-refractivity contribution >= 4 is 0 Å². The second-order valence-corrected chi connectivity index (χ2v) is 3.95. The Bertz CT molecular complexity index is 284. The predicted molar refractivity (Wildman–Crippen MR) is 60.2 cm³/mol. The molecule has 0 saturated carbocycles. The molecule has 0 heterocycles. The van der Waals surface area contributed by atoms with Gasteiger partial charge in [-0.15, -0.1) is 0 Å². The molecule has 0 aliphatic rings. The van der Waals surface area contributed by atoms with Crippen LogP contribution in [0.2, 0.25) is 0 Å². The monoisotopic (exact) mass is 209 g/mol. The lowest BCUT2D eigenvalue weighted by Gasteiger charge is -2.18. The van der Waals surface area contributed by atoms with Gasteiger partial charge in [0.05, 0.1) is 7.11 Å². The standard InChI is InChI=1S/C12H19NO2/c1-9(10(2)13-14)8-11-4-6-12(15-3)7-5-11/h4-7,9-10,13-14H,8H2,1-3H3/t9?,10-/m1/s1. The van der Waals surface area contributed by atoms with Crippen LogP contribution >= 0.6 is 0 Å². The van der Waals surface area contributed by atoms with E-state index in [-0.39, 0.29) is 6.04 Å². The molecule has 1 aromatic carbocycles. The summed E-state index contributed by atoms with van der Waals surface area (Å²) in [6, 6.07) is 8.13. The van der Waals surface area contributed by atoms with Crippen LogP contribution < -0.4 is 10.2 Å². The molecule has 0 aromatic heterocycles. The average molecular weight is 209 g/mol. The van der Waals surface area contributed by atoms with Crippen LogP contribution in [-0.2, 0) is 6.42 Å². The van der Waals surface area contributed by atoms with Gasteiger partial charge in [0, 0.05) is 6.04 Å². The molecular formula is C12H19NO2. The predicted octanol–water partition coefficient (Wildman–Crippen LogP) is 2.24. The molecule has 1 aromatic rings. The summed E-state index contributed by atoms with van der Waals surface area (Å²) in [5, 5.41) is 8.80. The number of nitrogens with one attached hydrogen (secondary N) is 1. The molecule has 2 atom stereocenters. The Kier molecular flexibility index (Phi) is 4.59. The summed E-state index contributed by atoms with van der Waals surface area (Å²) in [7, 11) is 1.66. The molecule has 84 valence electrons. The van der Waals surface area contributed by atoms with Gasteiger partial charge in [-0.3, -0.25) is 0 Å². The van der Waals surface area contributed by atoms with Crippen molar-refractivity contribution in [3.8, 4) is 5.75 Å². The van der Waals surface area contributed by atoms with Crippen LogP contribution in [0.15, 0.2) is 24.3 Å². The van der Waals surface area contributed by atoms with E-state index in [0.717, 1.165) is 12.2 Å². The zero-order valence-electron chi connectivity index (χ0n) is 9.53. The molecule has 15 heavy (non-hydrogen) atoms. The molecule has 0 spiro atoms. The summed E-state index contributed by atoms with van der Waals surface area (Å²) in [5.74, 6) is 1.27. The highest BCUT2D eigenvalue weighted by atomic mass is 16.5. The van der Waals surface area contributed by atoms with Gasteiger partial charge in [-0.05, 0) is 37.0 Å². The SMILES string of the molecule is COc1ccc(CC(C)[C@@H](C)NO)cc1. The first kappa shape index (κ1) is 12.0. The van der Waals surface area contributed by atoms with E-state index in [1.54, 1.807) is 7.11 Å². The van der Waals surface area contributed by atoms with E-state index in [1.165, 1.54) is 5.56 Å². The zero-order valence-corrected chi connectivity index (χ0v) is 9.53. The maximum Gasteiger partial charge on any atom is 0.118 e. The minimum Gasteiger partial charge on any atom is -0.497 e. The van der Waals surface area contributed by atoms with Crippen molar-refractivity contribution in [3.63, 3.8) is 0 Å².